The van der Waals surface area contributed by atoms with E-state index < -0.39 is 11.7 Å². The normalized spacial score (nSPS) is 11.2. The summed E-state index contributed by atoms with van der Waals surface area (Å²) < 4.78 is 27.0. The summed E-state index contributed by atoms with van der Waals surface area (Å²) in [5.74, 6) is 0.0478. The minimum absolute atomic E-state index is 0.153. The Labute approximate surface area is 245 Å². The number of carbonyl (C=O) groups excluding carboxylic acids is 1. The second kappa shape index (κ2) is 12.7. The first-order valence-corrected chi connectivity index (χ1v) is 13.8. The molecule has 1 aromatic heterocycles. The third-order valence-electron chi connectivity index (χ3n) is 5.44. The maximum absolute atomic E-state index is 13.2. The molecule has 1 heterocycles. The van der Waals surface area contributed by atoms with Crippen molar-refractivity contribution in [3.63, 3.8) is 0 Å². The maximum Gasteiger partial charge on any atom is 0.282 e. The summed E-state index contributed by atoms with van der Waals surface area (Å²) in [6, 6.07) is 12.3. The van der Waals surface area contributed by atoms with Crippen molar-refractivity contribution in [2.75, 3.05) is 18.5 Å². The van der Waals surface area contributed by atoms with E-state index in [4.69, 9.17) is 21.1 Å². The molecule has 0 aliphatic heterocycles. The molecule has 0 aliphatic rings. The van der Waals surface area contributed by atoms with Crippen LogP contribution in [-0.4, -0.2) is 35.0 Å². The molecule has 3 aromatic carbocycles. The van der Waals surface area contributed by atoms with Crippen LogP contribution in [0.25, 0.3) is 10.9 Å². The van der Waals surface area contributed by atoms with E-state index in [1.807, 2.05) is 13.0 Å². The number of hydrogen-bond acceptors (Lipinski definition) is 6. The molecule has 4 aromatic rings. The lowest BCUT2D eigenvalue weighted by Crippen LogP contribution is -2.22. The van der Waals surface area contributed by atoms with Crippen LogP contribution in [-0.2, 0) is 11.2 Å². The second-order valence-electron chi connectivity index (χ2n) is 8.10. The van der Waals surface area contributed by atoms with Gasteiger partial charge < -0.3 is 14.8 Å². The summed E-state index contributed by atoms with van der Waals surface area (Å²) in [6.07, 6.45) is 1.95. The van der Waals surface area contributed by atoms with E-state index in [1.54, 1.807) is 25.1 Å². The van der Waals surface area contributed by atoms with Gasteiger partial charge in [0, 0.05) is 26.6 Å². The van der Waals surface area contributed by atoms with Gasteiger partial charge in [0.2, 0.25) is 0 Å². The highest BCUT2D eigenvalue weighted by atomic mass is 79.9. The zero-order chi connectivity index (χ0) is 28.1. The van der Waals surface area contributed by atoms with E-state index >= 15 is 0 Å². The molecule has 12 heteroatoms. The number of nitrogens with zero attached hydrogens (tertiary/aromatic N) is 3. The van der Waals surface area contributed by atoms with Gasteiger partial charge in [0.05, 0.1) is 23.7 Å². The number of carbonyl (C=O) groups is 1. The first-order valence-electron chi connectivity index (χ1n) is 11.8. The number of ether oxygens (including phenoxy) is 2. The fraction of sp³-hybridized carbons (Fsp3) is 0.185. The van der Waals surface area contributed by atoms with Gasteiger partial charge in [-0.2, -0.15) is 9.78 Å². The van der Waals surface area contributed by atoms with Crippen LogP contribution >= 0.6 is 43.5 Å². The van der Waals surface area contributed by atoms with Gasteiger partial charge in [0.25, 0.3) is 11.5 Å². The van der Waals surface area contributed by atoms with Crippen molar-refractivity contribution in [2.45, 2.75) is 20.3 Å². The Morgan fingerprint density at radius 3 is 2.59 bits per heavy atom. The summed E-state index contributed by atoms with van der Waals surface area (Å²) in [5, 5.41) is 7.61. The summed E-state index contributed by atoms with van der Waals surface area (Å²) in [5.41, 5.74) is 1.20. The summed E-state index contributed by atoms with van der Waals surface area (Å²) in [7, 11) is 0. The van der Waals surface area contributed by atoms with Gasteiger partial charge in [-0.05, 0) is 71.4 Å². The number of rotatable bonds is 9. The largest absolute Gasteiger partial charge is 0.490 e. The lowest BCUT2D eigenvalue weighted by molar-refractivity contribution is -0.118. The number of fused-ring (bicyclic) bond motifs is 1. The third-order valence-corrected chi connectivity index (χ3v) is 7.37. The van der Waals surface area contributed by atoms with E-state index in [2.05, 4.69) is 47.3 Å². The number of aromatic nitrogens is 2. The van der Waals surface area contributed by atoms with E-state index in [0.29, 0.717) is 45.5 Å². The fourth-order valence-electron chi connectivity index (χ4n) is 3.63. The average molecular weight is 681 g/mol. The van der Waals surface area contributed by atoms with E-state index in [-0.39, 0.29) is 28.7 Å². The lowest BCUT2D eigenvalue weighted by Gasteiger charge is -2.16. The van der Waals surface area contributed by atoms with Crippen LogP contribution in [0, 0.1) is 5.82 Å². The maximum atomic E-state index is 13.2. The van der Waals surface area contributed by atoms with Crippen LogP contribution in [0.3, 0.4) is 0 Å². The molecule has 0 atom stereocenters. The highest BCUT2D eigenvalue weighted by Crippen LogP contribution is 2.42. The molecule has 8 nitrogen and oxygen atoms in total. The second-order valence-corrected chi connectivity index (χ2v) is 10.2. The molecule has 0 saturated carbocycles. The molecule has 4 rings (SSSR count). The van der Waals surface area contributed by atoms with E-state index in [9.17, 15) is 14.0 Å². The lowest BCUT2D eigenvalue weighted by atomic mass is 10.2. The van der Waals surface area contributed by atoms with Crippen molar-refractivity contribution in [3.8, 4) is 11.5 Å². The van der Waals surface area contributed by atoms with Crippen molar-refractivity contribution < 1.29 is 18.7 Å². The molecule has 0 unspecified atom stereocenters. The Morgan fingerprint density at radius 2 is 1.90 bits per heavy atom. The van der Waals surface area contributed by atoms with Crippen molar-refractivity contribution >= 4 is 72.2 Å². The average Bonchev–Trinajstić information content (AvgIpc) is 2.92. The van der Waals surface area contributed by atoms with Gasteiger partial charge >= 0.3 is 0 Å². The van der Waals surface area contributed by atoms with E-state index in [1.165, 1.54) is 35.2 Å². The molecule has 0 radical (unpaired) electrons. The SMILES string of the molecule is CCOc1cc(C=Nn2c(CC)nc3ccc(Br)cc3c2=O)c(Br)c(Cl)c1OCC(=O)Nc1ccc(F)cc1. The standard InChI is InChI=1S/C27H22Br2ClFN4O4/c1-3-22-34-20-10-5-16(28)12-19(20)27(37)35(22)32-13-15-11-21(38-4-2)26(25(30)24(15)29)39-14-23(36)33-18-8-6-17(31)7-9-18/h5-13H,3-4,14H2,1-2H3,(H,33,36). The molecule has 0 spiro atoms. The molecular formula is C27H22Br2ClFN4O4. The number of nitrogens with one attached hydrogen (secondary N) is 1. The van der Waals surface area contributed by atoms with Crippen molar-refractivity contribution in [1.82, 2.24) is 9.66 Å². The van der Waals surface area contributed by atoms with Crippen LogP contribution in [0.2, 0.25) is 5.02 Å². The summed E-state index contributed by atoms with van der Waals surface area (Å²) in [6.45, 7) is 3.61. The Hall–Kier alpha value is -3.28. The minimum Gasteiger partial charge on any atom is -0.490 e. The predicted molar refractivity (Wildman–Crippen MR) is 157 cm³/mol. The van der Waals surface area contributed by atoms with Crippen molar-refractivity contribution in [2.24, 2.45) is 5.10 Å². The fourth-order valence-corrected chi connectivity index (χ4v) is 4.64. The van der Waals surface area contributed by atoms with Crippen LogP contribution in [0.1, 0.15) is 25.2 Å². The van der Waals surface area contributed by atoms with Gasteiger partial charge in [-0.1, -0.05) is 34.5 Å². The molecule has 1 amide bonds. The molecular weight excluding hydrogens is 659 g/mol. The zero-order valence-corrected chi connectivity index (χ0v) is 24.7. The Kier molecular flexibility index (Phi) is 9.36. The van der Waals surface area contributed by atoms with Crippen LogP contribution in [0.4, 0.5) is 10.1 Å². The number of benzene rings is 3. The monoisotopic (exact) mass is 678 g/mol. The van der Waals surface area contributed by atoms with Gasteiger partial charge in [0.1, 0.15) is 16.7 Å². The number of aryl methyl sites for hydroxylation is 1. The zero-order valence-electron chi connectivity index (χ0n) is 20.8. The number of amides is 1. The smallest absolute Gasteiger partial charge is 0.282 e. The molecule has 0 bridgehead atoms. The van der Waals surface area contributed by atoms with Crippen molar-refractivity contribution in [1.29, 1.82) is 0 Å². The quantitative estimate of drug-likeness (QED) is 0.202. The molecule has 0 aliphatic carbocycles. The summed E-state index contributed by atoms with van der Waals surface area (Å²) in [4.78, 5) is 30.2. The van der Waals surface area contributed by atoms with Crippen molar-refractivity contribution in [3.05, 3.63) is 90.1 Å². The molecule has 202 valence electrons. The molecule has 0 fully saturated rings. The third kappa shape index (κ3) is 6.66. The van der Waals surface area contributed by atoms with Gasteiger partial charge in [-0.25, -0.2) is 9.37 Å². The van der Waals surface area contributed by atoms with Crippen LogP contribution < -0.4 is 20.3 Å². The Morgan fingerprint density at radius 1 is 1.15 bits per heavy atom. The molecule has 1 N–H and O–H groups in total. The first-order chi connectivity index (χ1) is 18.7. The number of halogens is 4. The predicted octanol–water partition coefficient (Wildman–Crippen LogP) is 6.57. The molecule has 39 heavy (non-hydrogen) atoms. The first kappa shape index (κ1) is 28.7. The number of anilines is 1. The molecule has 0 saturated heterocycles. The Balaban J connectivity index is 1.63. The Bertz CT molecular complexity index is 1630. The van der Waals surface area contributed by atoms with Gasteiger partial charge in [0.15, 0.2) is 18.1 Å². The summed E-state index contributed by atoms with van der Waals surface area (Å²) >= 11 is 13.4. The van der Waals surface area contributed by atoms with Gasteiger partial charge in [-0.15, -0.1) is 0 Å². The highest BCUT2D eigenvalue weighted by Gasteiger charge is 2.19. The van der Waals surface area contributed by atoms with E-state index in [0.717, 1.165) is 4.47 Å². The highest BCUT2D eigenvalue weighted by molar-refractivity contribution is 9.10. The minimum atomic E-state index is -0.469. The van der Waals surface area contributed by atoms with Gasteiger partial charge in [-0.3, -0.25) is 9.59 Å². The van der Waals surface area contributed by atoms with Crippen LogP contribution in [0.5, 0.6) is 11.5 Å². The topological polar surface area (TPSA) is 94.8 Å². The number of hydrogen-bond donors (Lipinski definition) is 1. The van der Waals surface area contributed by atoms with Crippen LogP contribution in [0.15, 0.2) is 67.4 Å².